The molecule has 0 radical (unpaired) electrons. The molecule has 0 heterocycles. The summed E-state index contributed by atoms with van der Waals surface area (Å²) in [6, 6.07) is 0. The van der Waals surface area contributed by atoms with Crippen molar-refractivity contribution in [1.82, 2.24) is 4.31 Å². The molecule has 0 fully saturated rings. The van der Waals surface area contributed by atoms with Gasteiger partial charge in [-0.05, 0) is 0 Å². The fourth-order valence-corrected chi connectivity index (χ4v) is 5.56. The summed E-state index contributed by atoms with van der Waals surface area (Å²) in [6.45, 7) is 3.87. The Kier molecular flexibility index (Phi) is 6.83. The predicted molar refractivity (Wildman–Crippen MR) is 64.3 cm³/mol. The highest BCUT2D eigenvalue weighted by atomic mass is 32.2. The lowest BCUT2D eigenvalue weighted by Crippen LogP contribution is -2.39. The van der Waals surface area contributed by atoms with Gasteiger partial charge in [-0.1, -0.05) is 13.8 Å². The van der Waals surface area contributed by atoms with Crippen molar-refractivity contribution < 1.29 is 26.8 Å². The minimum absolute atomic E-state index is 0.256. The molecule has 0 rings (SSSR count). The van der Waals surface area contributed by atoms with Gasteiger partial charge in [0.05, 0.1) is 0 Å². The van der Waals surface area contributed by atoms with Crippen LogP contribution in [-0.2, 0) is 28.4 Å². The van der Waals surface area contributed by atoms with Crippen LogP contribution < -0.4 is 0 Å². The Morgan fingerprint density at radius 3 is 1.76 bits per heavy atom. The molecule has 0 spiro atoms. The monoisotopic (exact) mass is 289 g/mol. The summed E-state index contributed by atoms with van der Waals surface area (Å²) in [5.41, 5.74) is 0. The van der Waals surface area contributed by atoms with Crippen LogP contribution in [0.4, 0.5) is 0 Å². The first-order chi connectivity index (χ1) is 7.83. The van der Waals surface area contributed by atoms with Crippen LogP contribution in [0.1, 0.15) is 13.8 Å². The van der Waals surface area contributed by atoms with Gasteiger partial charge in [0.15, 0.2) is 0 Å². The summed E-state index contributed by atoms with van der Waals surface area (Å²) in [6.07, 6.45) is 0. The molecule has 0 amide bonds. The normalized spacial score (nSPS) is 15.2. The minimum atomic E-state index is -3.90. The van der Waals surface area contributed by atoms with Crippen molar-refractivity contribution in [3.8, 4) is 0 Å². The summed E-state index contributed by atoms with van der Waals surface area (Å²) in [5, 5.41) is -1.65. The van der Waals surface area contributed by atoms with Crippen molar-refractivity contribution in [2.24, 2.45) is 0 Å². The largest absolute Gasteiger partial charge is 0.375 e. The molecule has 0 aliphatic carbocycles. The van der Waals surface area contributed by atoms with Crippen LogP contribution in [-0.4, -0.2) is 52.3 Å². The van der Waals surface area contributed by atoms with Crippen molar-refractivity contribution in [2.45, 2.75) is 19.0 Å². The molecule has 0 N–H and O–H groups in total. The van der Waals surface area contributed by atoms with Gasteiger partial charge in [0.1, 0.15) is 0 Å². The number of hydrogen-bond acceptors (Lipinski definition) is 6. The lowest BCUT2D eigenvalue weighted by molar-refractivity contribution is 0.162. The van der Waals surface area contributed by atoms with Crippen LogP contribution in [0.15, 0.2) is 0 Å². The van der Waals surface area contributed by atoms with E-state index in [1.54, 1.807) is 13.8 Å². The van der Waals surface area contributed by atoms with Gasteiger partial charge in [-0.2, -0.15) is 4.31 Å². The Morgan fingerprint density at radius 2 is 1.53 bits per heavy atom. The molecule has 1 unspecified atom stereocenters. The Morgan fingerprint density at radius 1 is 1.12 bits per heavy atom. The van der Waals surface area contributed by atoms with Crippen molar-refractivity contribution in [3.05, 3.63) is 0 Å². The number of methoxy groups -OCH3 is 1. The summed E-state index contributed by atoms with van der Waals surface area (Å²) < 4.78 is 51.7. The van der Waals surface area contributed by atoms with Crippen molar-refractivity contribution in [1.29, 1.82) is 0 Å². The van der Waals surface area contributed by atoms with E-state index in [-0.39, 0.29) is 13.1 Å². The molecule has 0 aromatic rings. The van der Waals surface area contributed by atoms with E-state index in [1.165, 1.54) is 0 Å². The highest BCUT2D eigenvalue weighted by Gasteiger charge is 2.46. The number of nitrogens with zero attached hydrogens (tertiary/aromatic N) is 1. The summed E-state index contributed by atoms with van der Waals surface area (Å²) in [4.78, 5) is 0. The third-order valence-electron chi connectivity index (χ3n) is 2.29. The van der Waals surface area contributed by atoms with E-state index in [0.717, 1.165) is 25.6 Å². The number of hydrogen-bond donors (Lipinski definition) is 0. The van der Waals surface area contributed by atoms with E-state index >= 15 is 0 Å². The molecule has 1 atom stereocenters. The first kappa shape index (κ1) is 17.0. The second-order valence-electron chi connectivity index (χ2n) is 3.08. The van der Waals surface area contributed by atoms with Crippen LogP contribution in [0.25, 0.3) is 0 Å². The maximum absolute atomic E-state index is 12.2. The Bertz CT molecular complexity index is 358. The number of sulfonamides is 1. The SMILES string of the molecule is CCN(CC)S(=O)(=O)C(OC)P(=O)(OC)OC. The fourth-order valence-electron chi connectivity index (χ4n) is 1.37. The molecule has 0 bridgehead atoms. The van der Waals surface area contributed by atoms with Gasteiger partial charge in [0.25, 0.3) is 15.2 Å². The van der Waals surface area contributed by atoms with E-state index in [0.29, 0.717) is 0 Å². The second kappa shape index (κ2) is 6.82. The highest BCUT2D eigenvalue weighted by molar-refractivity contribution is 7.96. The average molecular weight is 289 g/mol. The van der Waals surface area contributed by atoms with E-state index in [1.807, 2.05) is 0 Å². The smallest absolute Gasteiger partial charge is 0.354 e. The zero-order valence-electron chi connectivity index (χ0n) is 10.7. The Balaban J connectivity index is 5.47. The minimum Gasteiger partial charge on any atom is -0.354 e. The summed E-state index contributed by atoms with van der Waals surface area (Å²) in [5.74, 6) is 0. The molecule has 104 valence electrons. The molecule has 0 saturated heterocycles. The number of rotatable bonds is 8. The van der Waals surface area contributed by atoms with Crippen LogP contribution in [0.5, 0.6) is 0 Å². The predicted octanol–water partition coefficient (Wildman–Crippen LogP) is 1.07. The Hall–Kier alpha value is 0.0200. The zero-order valence-corrected chi connectivity index (χ0v) is 12.5. The van der Waals surface area contributed by atoms with E-state index in [9.17, 15) is 13.0 Å². The van der Waals surface area contributed by atoms with Crippen molar-refractivity contribution in [3.63, 3.8) is 0 Å². The van der Waals surface area contributed by atoms with Crippen molar-refractivity contribution >= 4 is 17.6 Å². The third kappa shape index (κ3) is 3.49. The molecule has 0 saturated carbocycles. The molecule has 9 heteroatoms. The molecule has 17 heavy (non-hydrogen) atoms. The van der Waals surface area contributed by atoms with Crippen LogP contribution in [0.2, 0.25) is 0 Å². The molecular formula is C8H20NO6PS. The molecule has 0 aliphatic rings. The van der Waals surface area contributed by atoms with Crippen LogP contribution >= 0.6 is 7.60 Å². The summed E-state index contributed by atoms with van der Waals surface area (Å²) >= 11 is 0. The third-order valence-corrected chi connectivity index (χ3v) is 7.55. The first-order valence-electron chi connectivity index (χ1n) is 5.06. The topological polar surface area (TPSA) is 82.1 Å². The van der Waals surface area contributed by atoms with Gasteiger partial charge in [-0.3, -0.25) is 4.57 Å². The quantitative estimate of drug-likeness (QED) is 0.622. The lowest BCUT2D eigenvalue weighted by atomic mass is 10.7. The number of ether oxygens (including phenoxy) is 1. The zero-order chi connectivity index (χ0) is 13.7. The molecule has 7 nitrogen and oxygen atoms in total. The lowest BCUT2D eigenvalue weighted by Gasteiger charge is -2.27. The van der Waals surface area contributed by atoms with Gasteiger partial charge in [-0.25, -0.2) is 8.42 Å². The summed E-state index contributed by atoms with van der Waals surface area (Å²) in [7, 11) is -4.35. The second-order valence-corrected chi connectivity index (χ2v) is 7.68. The molecule has 0 aromatic carbocycles. The van der Waals surface area contributed by atoms with Gasteiger partial charge in [-0.15, -0.1) is 0 Å². The molecule has 0 aliphatic heterocycles. The van der Waals surface area contributed by atoms with Crippen LogP contribution in [0, 0.1) is 0 Å². The molecule has 0 aromatic heterocycles. The molecular weight excluding hydrogens is 269 g/mol. The maximum Gasteiger partial charge on any atom is 0.375 e. The van der Waals surface area contributed by atoms with E-state index in [2.05, 4.69) is 9.05 Å². The average Bonchev–Trinajstić information content (AvgIpc) is 2.30. The Labute approximate surface area is 103 Å². The van der Waals surface area contributed by atoms with Crippen molar-refractivity contribution in [2.75, 3.05) is 34.4 Å². The van der Waals surface area contributed by atoms with E-state index < -0.39 is 22.8 Å². The van der Waals surface area contributed by atoms with Gasteiger partial charge < -0.3 is 13.8 Å². The van der Waals surface area contributed by atoms with Gasteiger partial charge in [0, 0.05) is 34.4 Å². The van der Waals surface area contributed by atoms with Crippen LogP contribution in [0.3, 0.4) is 0 Å². The first-order valence-corrected chi connectivity index (χ1v) is 8.18. The highest BCUT2D eigenvalue weighted by Crippen LogP contribution is 2.54. The van der Waals surface area contributed by atoms with Gasteiger partial charge >= 0.3 is 7.60 Å². The standard InChI is InChI=1S/C8H20NO6PS/c1-6-9(7-2)17(11,12)8(13-3)16(10,14-4)15-5/h8H,6-7H2,1-5H3. The fraction of sp³-hybridized carbons (Fsp3) is 1.00. The van der Waals surface area contributed by atoms with E-state index in [4.69, 9.17) is 4.74 Å². The maximum atomic E-state index is 12.2. The van der Waals surface area contributed by atoms with Gasteiger partial charge in [0.2, 0.25) is 0 Å².